The molecule has 0 heteroatoms. The molecule has 0 unspecified atom stereocenters. The Balaban J connectivity index is 2.04. The normalized spacial score (nSPS) is 19.4. The fourth-order valence-corrected chi connectivity index (χ4v) is 2.20. The van der Waals surface area contributed by atoms with E-state index in [2.05, 4.69) is 19.2 Å². The van der Waals surface area contributed by atoms with E-state index in [0.717, 1.165) is 5.92 Å². The van der Waals surface area contributed by atoms with Crippen LogP contribution in [0.4, 0.5) is 0 Å². The van der Waals surface area contributed by atoms with Gasteiger partial charge in [-0.25, -0.2) is 0 Å². The Morgan fingerprint density at radius 3 is 2.43 bits per heavy atom. The van der Waals surface area contributed by atoms with Gasteiger partial charge in [-0.3, -0.25) is 0 Å². The quantitative estimate of drug-likeness (QED) is 0.422. The highest BCUT2D eigenvalue weighted by Crippen LogP contribution is 2.33. The summed E-state index contributed by atoms with van der Waals surface area (Å²) >= 11 is 0. The van der Waals surface area contributed by atoms with Crippen LogP contribution in [0.1, 0.15) is 51.4 Å². The monoisotopic (exact) mass is 191 g/mol. The molecule has 0 bridgehead atoms. The van der Waals surface area contributed by atoms with Gasteiger partial charge in [0.25, 0.3) is 0 Å². The van der Waals surface area contributed by atoms with Crippen LogP contribution >= 0.6 is 0 Å². The molecule has 0 spiro atoms. The van der Waals surface area contributed by atoms with Crippen molar-refractivity contribution in [3.63, 3.8) is 0 Å². The van der Waals surface area contributed by atoms with Crippen molar-refractivity contribution in [2.45, 2.75) is 51.4 Å². The topological polar surface area (TPSA) is 0 Å². The van der Waals surface area contributed by atoms with Crippen LogP contribution in [0.2, 0.25) is 0 Å². The lowest BCUT2D eigenvalue weighted by molar-refractivity contribution is 0.422. The summed E-state index contributed by atoms with van der Waals surface area (Å²) in [6, 6.07) is 0. The summed E-state index contributed by atoms with van der Waals surface area (Å²) in [6.45, 7) is 7.62. The van der Waals surface area contributed by atoms with E-state index in [4.69, 9.17) is 0 Å². The van der Waals surface area contributed by atoms with Crippen LogP contribution in [0.25, 0.3) is 0 Å². The van der Waals surface area contributed by atoms with Crippen molar-refractivity contribution in [1.29, 1.82) is 0 Å². The van der Waals surface area contributed by atoms with Crippen LogP contribution in [-0.2, 0) is 0 Å². The van der Waals surface area contributed by atoms with E-state index < -0.39 is 0 Å². The van der Waals surface area contributed by atoms with Gasteiger partial charge in [0.1, 0.15) is 0 Å². The van der Waals surface area contributed by atoms with Gasteiger partial charge in [0, 0.05) is 0 Å². The second-order valence-electron chi connectivity index (χ2n) is 4.36. The third-order valence-corrected chi connectivity index (χ3v) is 3.26. The zero-order valence-corrected chi connectivity index (χ0v) is 9.30. The molecule has 0 atom stereocenters. The van der Waals surface area contributed by atoms with E-state index in [9.17, 15) is 0 Å². The molecule has 0 aromatic carbocycles. The summed E-state index contributed by atoms with van der Waals surface area (Å²) in [5.74, 6) is 2.60. The lowest BCUT2D eigenvalue weighted by Crippen LogP contribution is -2.11. The van der Waals surface area contributed by atoms with Gasteiger partial charge in [-0.1, -0.05) is 18.6 Å². The molecule has 0 amide bonds. The highest BCUT2D eigenvalue weighted by molar-refractivity contribution is 4.97. The summed E-state index contributed by atoms with van der Waals surface area (Å²) < 4.78 is 0. The van der Waals surface area contributed by atoms with E-state index >= 15 is 0 Å². The Bertz CT molecular complexity index is 161. The van der Waals surface area contributed by atoms with Gasteiger partial charge < -0.3 is 0 Å². The minimum Gasteiger partial charge on any atom is -0.103 e. The Morgan fingerprint density at radius 1 is 1.14 bits per heavy atom. The molecule has 0 N–H and O–H groups in total. The maximum absolute atomic E-state index is 3.88. The molecule has 1 aliphatic rings. The minimum absolute atomic E-state index is 0.798. The molecule has 14 heavy (non-hydrogen) atoms. The molecular formula is C14H23. The second kappa shape index (κ2) is 6.86. The van der Waals surface area contributed by atoms with Crippen molar-refractivity contribution < 1.29 is 0 Å². The van der Waals surface area contributed by atoms with Crippen LogP contribution in [0, 0.1) is 11.8 Å². The van der Waals surface area contributed by atoms with Gasteiger partial charge in [0.05, 0.1) is 0 Å². The van der Waals surface area contributed by atoms with Crippen LogP contribution in [0.15, 0.2) is 25.3 Å². The first-order chi connectivity index (χ1) is 6.86. The van der Waals surface area contributed by atoms with Crippen LogP contribution in [0.5, 0.6) is 0 Å². The van der Waals surface area contributed by atoms with Crippen LogP contribution in [-0.4, -0.2) is 0 Å². The Labute approximate surface area is 89.1 Å². The molecule has 0 aliphatic heterocycles. The molecule has 1 rings (SSSR count). The van der Waals surface area contributed by atoms with Crippen molar-refractivity contribution in [1.82, 2.24) is 0 Å². The SMILES string of the molecule is C=CCCCC[C]1CCC(C=C)CC1. The zero-order valence-electron chi connectivity index (χ0n) is 9.30. The largest absolute Gasteiger partial charge is 0.103 e. The molecule has 1 radical (unpaired) electrons. The number of hydrogen-bond acceptors (Lipinski definition) is 0. The molecule has 0 heterocycles. The van der Waals surface area contributed by atoms with Crippen molar-refractivity contribution in [2.24, 2.45) is 5.92 Å². The standard InChI is InChI=1S/C14H23/c1-3-5-6-7-8-14-11-9-13(4-2)10-12-14/h3-4,13H,1-2,5-12H2. The van der Waals surface area contributed by atoms with Gasteiger partial charge in [-0.15, -0.1) is 13.2 Å². The first-order valence-electron chi connectivity index (χ1n) is 5.94. The van der Waals surface area contributed by atoms with Gasteiger partial charge in [-0.2, -0.15) is 0 Å². The smallest absolute Gasteiger partial charge is 0.0236 e. The minimum atomic E-state index is 0.798. The Hall–Kier alpha value is -0.520. The lowest BCUT2D eigenvalue weighted by atomic mass is 9.80. The number of hydrogen-bond donors (Lipinski definition) is 0. The lowest BCUT2D eigenvalue weighted by Gasteiger charge is -2.25. The maximum Gasteiger partial charge on any atom is -0.0236 e. The Kier molecular flexibility index (Phi) is 5.66. The molecule has 1 aliphatic carbocycles. The Morgan fingerprint density at radius 2 is 1.86 bits per heavy atom. The van der Waals surface area contributed by atoms with Gasteiger partial charge in [-0.05, 0) is 56.8 Å². The number of rotatable bonds is 6. The average molecular weight is 191 g/mol. The summed E-state index contributed by atoms with van der Waals surface area (Å²) in [7, 11) is 0. The molecule has 79 valence electrons. The number of unbranched alkanes of at least 4 members (excludes halogenated alkanes) is 2. The van der Waals surface area contributed by atoms with E-state index in [1.165, 1.54) is 51.4 Å². The van der Waals surface area contributed by atoms with Crippen molar-refractivity contribution in [2.75, 3.05) is 0 Å². The summed E-state index contributed by atoms with van der Waals surface area (Å²) in [6.07, 6.45) is 14.8. The molecular weight excluding hydrogens is 168 g/mol. The second-order valence-corrected chi connectivity index (χ2v) is 4.36. The third-order valence-electron chi connectivity index (χ3n) is 3.26. The van der Waals surface area contributed by atoms with E-state index in [1.807, 2.05) is 6.08 Å². The third kappa shape index (κ3) is 4.13. The molecule has 0 saturated heterocycles. The zero-order chi connectivity index (χ0) is 10.2. The van der Waals surface area contributed by atoms with Gasteiger partial charge >= 0.3 is 0 Å². The fraction of sp³-hybridized carbons (Fsp3) is 0.643. The molecule has 0 nitrogen and oxygen atoms in total. The summed E-state index contributed by atoms with van der Waals surface area (Å²) in [5.41, 5.74) is 0. The fourth-order valence-electron chi connectivity index (χ4n) is 2.20. The summed E-state index contributed by atoms with van der Waals surface area (Å²) in [4.78, 5) is 0. The predicted octanol–water partition coefficient (Wildman–Crippen LogP) is 4.68. The van der Waals surface area contributed by atoms with E-state index in [0.29, 0.717) is 0 Å². The first-order valence-corrected chi connectivity index (χ1v) is 5.94. The summed E-state index contributed by atoms with van der Waals surface area (Å²) in [5, 5.41) is 0. The van der Waals surface area contributed by atoms with Crippen molar-refractivity contribution >= 4 is 0 Å². The average Bonchev–Trinajstić information content (AvgIpc) is 2.25. The van der Waals surface area contributed by atoms with Crippen LogP contribution < -0.4 is 0 Å². The first kappa shape index (κ1) is 11.6. The predicted molar refractivity (Wildman–Crippen MR) is 64.1 cm³/mol. The molecule has 1 saturated carbocycles. The number of allylic oxidation sites excluding steroid dienone is 2. The van der Waals surface area contributed by atoms with Crippen molar-refractivity contribution in [3.8, 4) is 0 Å². The molecule has 0 aromatic heterocycles. The van der Waals surface area contributed by atoms with Crippen LogP contribution in [0.3, 0.4) is 0 Å². The highest BCUT2D eigenvalue weighted by Gasteiger charge is 2.18. The van der Waals surface area contributed by atoms with Gasteiger partial charge in [0.15, 0.2) is 0 Å². The van der Waals surface area contributed by atoms with Gasteiger partial charge in [0.2, 0.25) is 0 Å². The highest BCUT2D eigenvalue weighted by atomic mass is 14.2. The maximum atomic E-state index is 3.88. The van der Waals surface area contributed by atoms with E-state index in [1.54, 1.807) is 5.92 Å². The molecule has 0 aromatic rings. The van der Waals surface area contributed by atoms with Crippen molar-refractivity contribution in [3.05, 3.63) is 31.2 Å². The van der Waals surface area contributed by atoms with E-state index in [-0.39, 0.29) is 0 Å². The molecule has 1 fully saturated rings.